The van der Waals surface area contributed by atoms with Crippen LogP contribution >= 0.6 is 0 Å². The van der Waals surface area contributed by atoms with Crippen LogP contribution in [0.4, 0.5) is 0 Å². The predicted molar refractivity (Wildman–Crippen MR) is 100 cm³/mol. The van der Waals surface area contributed by atoms with Crippen molar-refractivity contribution in [1.82, 2.24) is 0 Å². The van der Waals surface area contributed by atoms with Crippen molar-refractivity contribution in [2.45, 2.75) is 12.8 Å². The maximum absolute atomic E-state index is 12.0. The van der Waals surface area contributed by atoms with E-state index < -0.39 is 17.3 Å². The van der Waals surface area contributed by atoms with E-state index in [0.717, 1.165) is 17.7 Å². The van der Waals surface area contributed by atoms with Gasteiger partial charge in [0, 0.05) is 18.6 Å². The maximum Gasteiger partial charge on any atom is 0.170 e. The predicted octanol–water partition coefficient (Wildman–Crippen LogP) is 3.72. The molecule has 0 aliphatic heterocycles. The van der Waals surface area contributed by atoms with Gasteiger partial charge in [0.25, 0.3) is 0 Å². The summed E-state index contributed by atoms with van der Waals surface area (Å²) in [5, 5.41) is 46.2. The number of phenols is 5. The van der Waals surface area contributed by atoms with Crippen molar-refractivity contribution in [2.75, 3.05) is 0 Å². The first kappa shape index (κ1) is 19.7. The molecule has 6 nitrogen and oxygen atoms in total. The number of Topliss-reactive ketones (excluding diaryl/α,β-unsaturated/α-hetero) is 1. The van der Waals surface area contributed by atoms with E-state index in [2.05, 4.69) is 0 Å². The fourth-order valence-electron chi connectivity index (χ4n) is 2.36. The van der Waals surface area contributed by atoms with Crippen molar-refractivity contribution in [3.63, 3.8) is 0 Å². The Bertz CT molecular complexity index is 865. The molecule has 3 rings (SSSR count). The van der Waals surface area contributed by atoms with Crippen molar-refractivity contribution in [3.05, 3.63) is 77.9 Å². The minimum Gasteiger partial charge on any atom is -0.508 e. The van der Waals surface area contributed by atoms with Crippen molar-refractivity contribution < 1.29 is 30.3 Å². The van der Waals surface area contributed by atoms with Crippen LogP contribution in [0.3, 0.4) is 0 Å². The van der Waals surface area contributed by atoms with Crippen LogP contribution in [0.1, 0.15) is 22.3 Å². The quantitative estimate of drug-likeness (QED) is 0.448. The minimum absolute atomic E-state index is 0.0939. The number of hydrogen-bond donors (Lipinski definition) is 5. The zero-order chi connectivity index (χ0) is 19.8. The fraction of sp³-hybridized carbons (Fsp3) is 0.0952. The van der Waals surface area contributed by atoms with E-state index in [-0.39, 0.29) is 23.5 Å². The van der Waals surface area contributed by atoms with Gasteiger partial charge in [0.1, 0.15) is 34.3 Å². The molecule has 0 fully saturated rings. The van der Waals surface area contributed by atoms with E-state index >= 15 is 0 Å². The lowest BCUT2D eigenvalue weighted by molar-refractivity contribution is 0.0977. The third-order valence-corrected chi connectivity index (χ3v) is 3.69. The van der Waals surface area contributed by atoms with Gasteiger partial charge in [-0.1, -0.05) is 30.3 Å². The average Bonchev–Trinajstić information content (AvgIpc) is 2.61. The summed E-state index contributed by atoms with van der Waals surface area (Å²) in [7, 11) is 0. The highest BCUT2D eigenvalue weighted by Gasteiger charge is 2.17. The molecule has 0 bridgehead atoms. The van der Waals surface area contributed by atoms with Crippen LogP contribution in [0.5, 0.6) is 28.7 Å². The summed E-state index contributed by atoms with van der Waals surface area (Å²) in [6.45, 7) is 0. The van der Waals surface area contributed by atoms with E-state index in [0.29, 0.717) is 12.2 Å². The Balaban J connectivity index is 0.000000313. The van der Waals surface area contributed by atoms with Gasteiger partial charge in [0.05, 0.1) is 0 Å². The Labute approximate surface area is 156 Å². The second-order valence-corrected chi connectivity index (χ2v) is 5.78. The van der Waals surface area contributed by atoms with Crippen LogP contribution < -0.4 is 0 Å². The molecule has 0 heterocycles. The van der Waals surface area contributed by atoms with Crippen molar-refractivity contribution >= 4 is 5.78 Å². The third-order valence-electron chi connectivity index (χ3n) is 3.69. The molecular weight excluding hydrogens is 348 g/mol. The Morgan fingerprint density at radius 3 is 1.67 bits per heavy atom. The maximum atomic E-state index is 12.0. The summed E-state index contributed by atoms with van der Waals surface area (Å²) in [5.74, 6) is -1.16. The minimum atomic E-state index is -0.446. The van der Waals surface area contributed by atoms with E-state index in [1.54, 1.807) is 36.4 Å². The van der Waals surface area contributed by atoms with Crippen LogP contribution in [0.15, 0.2) is 66.7 Å². The molecule has 0 atom stereocenters. The average molecular weight is 368 g/mol. The van der Waals surface area contributed by atoms with Crippen molar-refractivity contribution in [3.8, 4) is 28.7 Å². The fourth-order valence-corrected chi connectivity index (χ4v) is 2.36. The number of carbonyl (C=O) groups is 1. The van der Waals surface area contributed by atoms with E-state index in [1.807, 2.05) is 6.07 Å². The molecule has 0 aliphatic rings. The Morgan fingerprint density at radius 2 is 1.19 bits per heavy atom. The summed E-state index contributed by atoms with van der Waals surface area (Å²) in [6.07, 6.45) is 0.509. The van der Waals surface area contributed by atoms with Gasteiger partial charge in [-0.25, -0.2) is 0 Å². The Kier molecular flexibility index (Phi) is 6.66. The van der Waals surface area contributed by atoms with Crippen molar-refractivity contribution in [1.29, 1.82) is 0 Å². The van der Waals surface area contributed by atoms with Gasteiger partial charge in [-0.15, -0.1) is 0 Å². The van der Waals surface area contributed by atoms with Crippen molar-refractivity contribution in [2.24, 2.45) is 0 Å². The highest BCUT2D eigenvalue weighted by atomic mass is 16.3. The highest BCUT2D eigenvalue weighted by Crippen LogP contribution is 2.33. The summed E-state index contributed by atoms with van der Waals surface area (Å²) in [4.78, 5) is 12.0. The summed E-state index contributed by atoms with van der Waals surface area (Å²) >= 11 is 0. The second kappa shape index (κ2) is 9.15. The second-order valence-electron chi connectivity index (χ2n) is 5.78. The molecule has 0 aromatic heterocycles. The number of hydrogen-bond acceptors (Lipinski definition) is 6. The number of ketones is 1. The molecule has 0 spiro atoms. The van der Waals surface area contributed by atoms with Gasteiger partial charge < -0.3 is 25.5 Å². The van der Waals surface area contributed by atoms with Crippen LogP contribution in [-0.4, -0.2) is 31.3 Å². The molecule has 3 aromatic carbocycles. The lowest BCUT2D eigenvalue weighted by atomic mass is 10.0. The zero-order valence-electron chi connectivity index (χ0n) is 14.4. The number of para-hydroxylation sites is 1. The molecule has 0 saturated heterocycles. The van der Waals surface area contributed by atoms with Gasteiger partial charge in [-0.05, 0) is 36.2 Å². The number of carbonyl (C=O) groups excluding carboxylic acids is 1. The standard InChI is InChI=1S/C15H14O5.C6H6O/c16-10-4-1-9(2-5-10)3-6-12(18)15-13(19)7-11(17)8-14(15)20;7-6-4-2-1-3-5-6/h1-2,4-5,7-8,16-17,19-20H,3,6H2;1-5,7H. The molecule has 140 valence electrons. The molecular formula is C21H20O6. The first-order chi connectivity index (χ1) is 12.9. The number of aryl methyl sites for hydroxylation is 1. The summed E-state index contributed by atoms with van der Waals surface area (Å²) in [6, 6.07) is 17.2. The van der Waals surface area contributed by atoms with Gasteiger partial charge in [-0.2, -0.15) is 0 Å². The highest BCUT2D eigenvalue weighted by molar-refractivity contribution is 6.01. The molecule has 5 N–H and O–H groups in total. The van der Waals surface area contributed by atoms with Gasteiger partial charge in [0.2, 0.25) is 0 Å². The number of phenolic OH excluding ortho intramolecular Hbond substituents is 5. The monoisotopic (exact) mass is 368 g/mol. The zero-order valence-corrected chi connectivity index (χ0v) is 14.4. The van der Waals surface area contributed by atoms with Crippen LogP contribution in [0.2, 0.25) is 0 Å². The topological polar surface area (TPSA) is 118 Å². The van der Waals surface area contributed by atoms with Crippen LogP contribution in [0.25, 0.3) is 0 Å². The first-order valence-corrected chi connectivity index (χ1v) is 8.17. The Hall–Kier alpha value is -3.67. The first-order valence-electron chi connectivity index (χ1n) is 8.17. The largest absolute Gasteiger partial charge is 0.508 e. The number of benzene rings is 3. The number of rotatable bonds is 4. The van der Waals surface area contributed by atoms with Crippen LogP contribution in [-0.2, 0) is 6.42 Å². The lowest BCUT2D eigenvalue weighted by Gasteiger charge is -2.07. The molecule has 0 unspecified atom stereocenters. The molecule has 27 heavy (non-hydrogen) atoms. The Morgan fingerprint density at radius 1 is 0.667 bits per heavy atom. The smallest absolute Gasteiger partial charge is 0.170 e. The molecule has 3 aromatic rings. The third kappa shape index (κ3) is 5.97. The van der Waals surface area contributed by atoms with Gasteiger partial charge in [0.15, 0.2) is 5.78 Å². The SMILES string of the molecule is O=C(CCc1ccc(O)cc1)c1c(O)cc(O)cc1O.Oc1ccccc1. The van der Waals surface area contributed by atoms with Crippen LogP contribution in [0, 0.1) is 0 Å². The number of aromatic hydroxyl groups is 5. The summed E-state index contributed by atoms with van der Waals surface area (Å²) in [5.41, 5.74) is 0.662. The summed E-state index contributed by atoms with van der Waals surface area (Å²) < 4.78 is 0. The lowest BCUT2D eigenvalue weighted by Crippen LogP contribution is -2.02. The van der Waals surface area contributed by atoms with Gasteiger partial charge >= 0.3 is 0 Å². The molecule has 0 aliphatic carbocycles. The van der Waals surface area contributed by atoms with E-state index in [4.69, 9.17) is 10.2 Å². The molecule has 6 heteroatoms. The normalized spacial score (nSPS) is 9.93. The molecule has 0 radical (unpaired) electrons. The van der Waals surface area contributed by atoms with E-state index in [9.17, 15) is 20.1 Å². The van der Waals surface area contributed by atoms with E-state index in [1.165, 1.54) is 12.1 Å². The molecule has 0 amide bonds. The molecule has 0 saturated carbocycles. The van der Waals surface area contributed by atoms with Gasteiger partial charge in [-0.3, -0.25) is 4.79 Å².